The van der Waals surface area contributed by atoms with Crippen LogP contribution >= 0.6 is 24.0 Å². The lowest BCUT2D eigenvalue weighted by Crippen LogP contribution is -2.53. The quantitative estimate of drug-likeness (QED) is 0.359. The molecule has 1 aliphatic carbocycles. The predicted octanol–water partition coefficient (Wildman–Crippen LogP) is 3.36. The molecule has 0 atom stereocenters. The van der Waals surface area contributed by atoms with Crippen molar-refractivity contribution >= 4 is 35.8 Å². The molecule has 31 heavy (non-hydrogen) atoms. The Morgan fingerprint density at radius 3 is 2.42 bits per heavy atom. The summed E-state index contributed by atoms with van der Waals surface area (Å²) in [6.07, 6.45) is 6.06. The summed E-state index contributed by atoms with van der Waals surface area (Å²) in [4.78, 5) is 21.0. The minimum atomic E-state index is 0. The number of piperazine rings is 1. The molecule has 7 nitrogen and oxygen atoms in total. The van der Waals surface area contributed by atoms with Gasteiger partial charge in [0.2, 0.25) is 12.7 Å². The van der Waals surface area contributed by atoms with Gasteiger partial charge in [0, 0.05) is 45.1 Å². The Morgan fingerprint density at radius 2 is 1.74 bits per heavy atom. The number of ether oxygens (including phenoxy) is 2. The minimum Gasteiger partial charge on any atom is -0.454 e. The van der Waals surface area contributed by atoms with Gasteiger partial charge in [-0.3, -0.25) is 9.79 Å². The zero-order chi connectivity index (χ0) is 21.0. The first kappa shape index (κ1) is 23.9. The average molecular weight is 542 g/mol. The van der Waals surface area contributed by atoms with Crippen LogP contribution < -0.4 is 14.8 Å². The molecule has 0 radical (unpaired) electrons. The summed E-state index contributed by atoms with van der Waals surface area (Å²) in [5.74, 6) is 2.81. The Kier molecular flexibility index (Phi) is 8.30. The van der Waals surface area contributed by atoms with Crippen LogP contribution in [0.4, 0.5) is 0 Å². The van der Waals surface area contributed by atoms with Crippen LogP contribution in [-0.2, 0) is 10.2 Å². The normalized spacial score (nSPS) is 20.3. The molecule has 1 saturated carbocycles. The van der Waals surface area contributed by atoms with Crippen molar-refractivity contribution < 1.29 is 14.3 Å². The number of rotatable bonds is 4. The van der Waals surface area contributed by atoms with Gasteiger partial charge in [-0.05, 0) is 37.5 Å². The molecule has 3 aliphatic rings. The van der Waals surface area contributed by atoms with Crippen molar-refractivity contribution in [2.45, 2.75) is 51.4 Å². The number of carbonyl (C=O) groups excluding carboxylic acids is 1. The number of carbonyl (C=O) groups is 1. The van der Waals surface area contributed by atoms with Crippen LogP contribution in [0.1, 0.15) is 51.5 Å². The highest BCUT2D eigenvalue weighted by Gasteiger charge is 2.35. The summed E-state index contributed by atoms with van der Waals surface area (Å²) in [7, 11) is 0. The van der Waals surface area contributed by atoms with Crippen molar-refractivity contribution in [1.82, 2.24) is 15.1 Å². The van der Waals surface area contributed by atoms with E-state index in [4.69, 9.17) is 14.5 Å². The van der Waals surface area contributed by atoms with Gasteiger partial charge in [-0.2, -0.15) is 0 Å². The van der Waals surface area contributed by atoms with E-state index in [0.29, 0.717) is 6.79 Å². The average Bonchev–Trinajstić information content (AvgIpc) is 3.25. The third-order valence-corrected chi connectivity index (χ3v) is 6.69. The Labute approximate surface area is 202 Å². The highest BCUT2D eigenvalue weighted by Crippen LogP contribution is 2.43. The summed E-state index contributed by atoms with van der Waals surface area (Å²) in [5.41, 5.74) is 1.36. The van der Waals surface area contributed by atoms with Crippen LogP contribution in [0, 0.1) is 0 Å². The second-order valence-corrected chi connectivity index (χ2v) is 8.57. The van der Waals surface area contributed by atoms with Crippen molar-refractivity contribution in [2.24, 2.45) is 4.99 Å². The van der Waals surface area contributed by atoms with Crippen molar-refractivity contribution in [1.29, 1.82) is 0 Å². The van der Waals surface area contributed by atoms with E-state index >= 15 is 0 Å². The Morgan fingerprint density at radius 1 is 1.06 bits per heavy atom. The molecule has 0 spiro atoms. The summed E-state index contributed by atoms with van der Waals surface area (Å²) in [6.45, 7) is 8.82. The molecule has 2 heterocycles. The number of nitrogens with zero attached hydrogens (tertiary/aromatic N) is 3. The first-order chi connectivity index (χ1) is 14.6. The van der Waals surface area contributed by atoms with Crippen LogP contribution in [-0.4, -0.2) is 67.7 Å². The molecule has 1 amide bonds. The fraction of sp³-hybridized carbons (Fsp3) is 0.652. The molecule has 172 valence electrons. The lowest BCUT2D eigenvalue weighted by molar-refractivity contribution is -0.130. The fourth-order valence-electron chi connectivity index (χ4n) is 4.88. The molecule has 1 aromatic carbocycles. The second-order valence-electron chi connectivity index (χ2n) is 8.57. The van der Waals surface area contributed by atoms with Gasteiger partial charge in [0.1, 0.15) is 0 Å². The van der Waals surface area contributed by atoms with E-state index in [1.54, 1.807) is 6.92 Å². The van der Waals surface area contributed by atoms with Gasteiger partial charge < -0.3 is 24.6 Å². The second kappa shape index (κ2) is 10.7. The molecule has 1 aromatic rings. The van der Waals surface area contributed by atoms with Crippen molar-refractivity contribution in [3.63, 3.8) is 0 Å². The molecule has 1 saturated heterocycles. The number of aliphatic imine (C=N–C) groups is 1. The maximum atomic E-state index is 11.7. The number of benzene rings is 1. The SMILES string of the molecule is CCNC(=NCC1(c2ccc3c(c2)OCO3)CCCCC1)N1CCN(C(C)=O)CC1.I. The fourth-order valence-corrected chi connectivity index (χ4v) is 4.88. The third kappa shape index (κ3) is 5.38. The zero-order valence-corrected chi connectivity index (χ0v) is 21.0. The first-order valence-electron chi connectivity index (χ1n) is 11.3. The number of fused-ring (bicyclic) bond motifs is 1. The number of hydrogen-bond donors (Lipinski definition) is 1. The highest BCUT2D eigenvalue weighted by atomic mass is 127. The number of guanidine groups is 1. The van der Waals surface area contributed by atoms with E-state index in [1.807, 2.05) is 11.0 Å². The van der Waals surface area contributed by atoms with Crippen LogP contribution in [0.25, 0.3) is 0 Å². The molecule has 0 unspecified atom stereocenters. The van der Waals surface area contributed by atoms with Gasteiger partial charge in [0.25, 0.3) is 0 Å². The largest absolute Gasteiger partial charge is 0.454 e. The molecule has 4 rings (SSSR count). The molecule has 1 N–H and O–H groups in total. The van der Waals surface area contributed by atoms with E-state index in [2.05, 4.69) is 29.3 Å². The highest BCUT2D eigenvalue weighted by molar-refractivity contribution is 14.0. The van der Waals surface area contributed by atoms with E-state index in [0.717, 1.165) is 69.6 Å². The molecule has 2 fully saturated rings. The first-order valence-corrected chi connectivity index (χ1v) is 11.3. The monoisotopic (exact) mass is 542 g/mol. The van der Waals surface area contributed by atoms with Gasteiger partial charge in [-0.15, -0.1) is 24.0 Å². The predicted molar refractivity (Wildman–Crippen MR) is 133 cm³/mol. The molecule has 0 aromatic heterocycles. The van der Waals surface area contributed by atoms with Crippen molar-refractivity contribution in [3.05, 3.63) is 23.8 Å². The van der Waals surface area contributed by atoms with Gasteiger partial charge in [0.05, 0.1) is 6.54 Å². The summed E-state index contributed by atoms with van der Waals surface area (Å²) in [6, 6.07) is 6.42. The number of hydrogen-bond acceptors (Lipinski definition) is 4. The molecule has 2 aliphatic heterocycles. The van der Waals surface area contributed by atoms with Gasteiger partial charge in [-0.25, -0.2) is 0 Å². The standard InChI is InChI=1S/C23H34N4O3.HI/c1-3-24-22(27-13-11-26(12-14-27)18(2)28)25-16-23(9-5-4-6-10-23)19-7-8-20-21(15-19)30-17-29-20;/h7-8,15H,3-6,9-14,16-17H2,1-2H3,(H,24,25);1H. The van der Waals surface area contributed by atoms with E-state index < -0.39 is 0 Å². The topological polar surface area (TPSA) is 66.4 Å². The lowest BCUT2D eigenvalue weighted by atomic mass is 9.69. The van der Waals surface area contributed by atoms with Crippen molar-refractivity contribution in [3.8, 4) is 11.5 Å². The summed E-state index contributed by atoms with van der Waals surface area (Å²) in [5, 5.41) is 3.47. The van der Waals surface area contributed by atoms with E-state index in [1.165, 1.54) is 24.8 Å². The van der Waals surface area contributed by atoms with Gasteiger partial charge in [0.15, 0.2) is 17.5 Å². The Balaban J connectivity index is 0.00000272. The van der Waals surface area contributed by atoms with E-state index in [-0.39, 0.29) is 35.3 Å². The van der Waals surface area contributed by atoms with Crippen LogP contribution in [0.2, 0.25) is 0 Å². The summed E-state index contributed by atoms with van der Waals surface area (Å²) >= 11 is 0. The van der Waals surface area contributed by atoms with Crippen LogP contribution in [0.3, 0.4) is 0 Å². The van der Waals surface area contributed by atoms with Gasteiger partial charge in [-0.1, -0.05) is 25.3 Å². The van der Waals surface area contributed by atoms with E-state index in [9.17, 15) is 4.79 Å². The summed E-state index contributed by atoms with van der Waals surface area (Å²) < 4.78 is 11.2. The Bertz CT molecular complexity index is 787. The number of amides is 1. The lowest BCUT2D eigenvalue weighted by Gasteiger charge is -2.39. The number of nitrogens with one attached hydrogen (secondary N) is 1. The molecule has 0 bridgehead atoms. The third-order valence-electron chi connectivity index (χ3n) is 6.69. The minimum absolute atomic E-state index is 0. The van der Waals surface area contributed by atoms with Gasteiger partial charge >= 0.3 is 0 Å². The zero-order valence-electron chi connectivity index (χ0n) is 18.7. The maximum Gasteiger partial charge on any atom is 0.231 e. The smallest absolute Gasteiger partial charge is 0.231 e. The molecular weight excluding hydrogens is 507 g/mol. The maximum absolute atomic E-state index is 11.7. The molecular formula is C23H35IN4O3. The van der Waals surface area contributed by atoms with Crippen LogP contribution in [0.15, 0.2) is 23.2 Å². The number of halogens is 1. The molecule has 8 heteroatoms. The van der Waals surface area contributed by atoms with Crippen molar-refractivity contribution in [2.75, 3.05) is 46.1 Å². The Hall–Kier alpha value is -1.71. The van der Waals surface area contributed by atoms with Crippen LogP contribution in [0.5, 0.6) is 11.5 Å².